The second-order valence-corrected chi connectivity index (χ2v) is 6.59. The topological polar surface area (TPSA) is 64.1 Å². The Morgan fingerprint density at radius 3 is 3.13 bits per heavy atom. The zero-order valence-electron chi connectivity index (χ0n) is 12.5. The summed E-state index contributed by atoms with van der Waals surface area (Å²) in [6.45, 7) is 0.480. The van der Waals surface area contributed by atoms with Crippen molar-refractivity contribution in [2.24, 2.45) is 0 Å². The highest BCUT2D eigenvalue weighted by Crippen LogP contribution is 2.27. The van der Waals surface area contributed by atoms with E-state index in [0.29, 0.717) is 12.3 Å². The average molecular weight is 345 g/mol. The van der Waals surface area contributed by atoms with Gasteiger partial charge in [-0.3, -0.25) is 4.79 Å². The minimum Gasteiger partial charge on any atom is -0.497 e. The van der Waals surface area contributed by atoms with Gasteiger partial charge in [0.1, 0.15) is 21.9 Å². The van der Waals surface area contributed by atoms with Crippen LogP contribution in [0.15, 0.2) is 47.1 Å². The molecule has 0 spiro atoms. The standard InChI is InChI=1S/C16H15N3O2S2/c1-21-12-4-2-3-11(7-12)8-17-14(20)9-23-16-13-5-6-22-15(13)18-10-19-16/h2-7,10H,8-9H2,1H3,(H,17,20). The number of nitrogens with zero attached hydrogens (tertiary/aromatic N) is 2. The second kappa shape index (κ2) is 7.43. The predicted molar refractivity (Wildman–Crippen MR) is 93.0 cm³/mol. The minimum atomic E-state index is -0.0280. The molecule has 2 aromatic heterocycles. The average Bonchev–Trinajstić information content (AvgIpc) is 3.07. The molecule has 1 amide bonds. The zero-order chi connectivity index (χ0) is 16.1. The molecule has 23 heavy (non-hydrogen) atoms. The van der Waals surface area contributed by atoms with Crippen molar-refractivity contribution in [2.45, 2.75) is 11.6 Å². The summed E-state index contributed by atoms with van der Waals surface area (Å²) in [6.07, 6.45) is 1.54. The first-order valence-electron chi connectivity index (χ1n) is 6.97. The van der Waals surface area contributed by atoms with E-state index >= 15 is 0 Å². The number of ether oxygens (including phenoxy) is 1. The maximum Gasteiger partial charge on any atom is 0.230 e. The van der Waals surface area contributed by atoms with Crippen molar-refractivity contribution in [1.82, 2.24) is 15.3 Å². The number of carbonyl (C=O) groups is 1. The van der Waals surface area contributed by atoms with Crippen molar-refractivity contribution in [3.63, 3.8) is 0 Å². The third-order valence-electron chi connectivity index (χ3n) is 3.19. The molecule has 118 valence electrons. The van der Waals surface area contributed by atoms with Crippen LogP contribution in [0.5, 0.6) is 5.75 Å². The number of nitrogens with one attached hydrogen (secondary N) is 1. The molecule has 3 rings (SSSR count). The third-order valence-corrected chi connectivity index (χ3v) is 5.02. The van der Waals surface area contributed by atoms with E-state index in [1.807, 2.05) is 35.7 Å². The SMILES string of the molecule is COc1cccc(CNC(=O)CSc2ncnc3sccc23)c1. The Morgan fingerprint density at radius 1 is 1.35 bits per heavy atom. The molecule has 0 bridgehead atoms. The highest BCUT2D eigenvalue weighted by molar-refractivity contribution is 8.00. The number of carbonyl (C=O) groups excluding carboxylic acids is 1. The van der Waals surface area contributed by atoms with Crippen molar-refractivity contribution in [3.05, 3.63) is 47.6 Å². The Kier molecular flexibility index (Phi) is 5.09. The quantitative estimate of drug-likeness (QED) is 0.549. The van der Waals surface area contributed by atoms with Gasteiger partial charge in [0.15, 0.2) is 0 Å². The van der Waals surface area contributed by atoms with Gasteiger partial charge in [0.2, 0.25) is 5.91 Å². The Labute approximate surface area is 142 Å². The third kappa shape index (κ3) is 4.00. The van der Waals surface area contributed by atoms with Crippen molar-refractivity contribution >= 4 is 39.2 Å². The maximum atomic E-state index is 12.0. The van der Waals surface area contributed by atoms with Crippen LogP contribution in [0.25, 0.3) is 10.2 Å². The lowest BCUT2D eigenvalue weighted by molar-refractivity contribution is -0.118. The number of methoxy groups -OCH3 is 1. The molecular formula is C16H15N3O2S2. The molecule has 3 aromatic rings. The van der Waals surface area contributed by atoms with Crippen LogP contribution in [0.2, 0.25) is 0 Å². The van der Waals surface area contributed by atoms with Gasteiger partial charge in [-0.2, -0.15) is 0 Å². The zero-order valence-corrected chi connectivity index (χ0v) is 14.1. The molecule has 0 fully saturated rings. The van der Waals surface area contributed by atoms with Gasteiger partial charge >= 0.3 is 0 Å². The summed E-state index contributed by atoms with van der Waals surface area (Å²) in [5, 5.41) is 6.73. The van der Waals surface area contributed by atoms with E-state index in [4.69, 9.17) is 4.74 Å². The van der Waals surface area contributed by atoms with Crippen molar-refractivity contribution in [2.75, 3.05) is 12.9 Å². The van der Waals surface area contributed by atoms with Crippen molar-refractivity contribution in [3.8, 4) is 5.75 Å². The molecule has 1 N–H and O–H groups in total. The lowest BCUT2D eigenvalue weighted by Gasteiger charge is -2.07. The number of aromatic nitrogens is 2. The monoisotopic (exact) mass is 345 g/mol. The summed E-state index contributed by atoms with van der Waals surface area (Å²) in [4.78, 5) is 21.4. The summed E-state index contributed by atoms with van der Waals surface area (Å²) in [6, 6.07) is 9.63. The van der Waals surface area contributed by atoms with Crippen LogP contribution in [0.4, 0.5) is 0 Å². The Bertz CT molecular complexity index is 820. The van der Waals surface area contributed by atoms with Gasteiger partial charge < -0.3 is 10.1 Å². The van der Waals surface area contributed by atoms with E-state index in [2.05, 4.69) is 15.3 Å². The van der Waals surface area contributed by atoms with E-state index in [0.717, 1.165) is 26.6 Å². The van der Waals surface area contributed by atoms with Crippen LogP contribution < -0.4 is 10.1 Å². The fraction of sp³-hybridized carbons (Fsp3) is 0.188. The fourth-order valence-electron chi connectivity index (χ4n) is 2.05. The first-order chi connectivity index (χ1) is 11.3. The fourth-order valence-corrected chi connectivity index (χ4v) is 3.66. The van der Waals surface area contributed by atoms with Gasteiger partial charge in [0, 0.05) is 11.9 Å². The minimum absolute atomic E-state index is 0.0280. The largest absolute Gasteiger partial charge is 0.497 e. The number of fused-ring (bicyclic) bond motifs is 1. The Balaban J connectivity index is 1.54. The molecule has 0 aliphatic rings. The van der Waals surface area contributed by atoms with Crippen LogP contribution in [0.3, 0.4) is 0 Å². The normalized spacial score (nSPS) is 10.7. The van der Waals surface area contributed by atoms with Crippen LogP contribution >= 0.6 is 23.1 Å². The molecule has 0 saturated heterocycles. The molecule has 0 aliphatic heterocycles. The lowest BCUT2D eigenvalue weighted by Crippen LogP contribution is -2.24. The van der Waals surface area contributed by atoms with Crippen LogP contribution in [0.1, 0.15) is 5.56 Å². The summed E-state index contributed by atoms with van der Waals surface area (Å²) >= 11 is 2.99. The van der Waals surface area contributed by atoms with Gasteiger partial charge in [-0.15, -0.1) is 11.3 Å². The predicted octanol–water partition coefficient (Wildman–Crippen LogP) is 3.11. The lowest BCUT2D eigenvalue weighted by atomic mass is 10.2. The molecule has 7 heteroatoms. The van der Waals surface area contributed by atoms with Gasteiger partial charge in [-0.25, -0.2) is 9.97 Å². The van der Waals surface area contributed by atoms with E-state index in [1.165, 1.54) is 18.1 Å². The number of amides is 1. The van der Waals surface area contributed by atoms with Crippen LogP contribution in [-0.4, -0.2) is 28.7 Å². The summed E-state index contributed by atoms with van der Waals surface area (Å²) < 4.78 is 5.17. The summed E-state index contributed by atoms with van der Waals surface area (Å²) in [5.41, 5.74) is 1.00. The Hall–Kier alpha value is -2.12. The molecule has 1 aromatic carbocycles. The summed E-state index contributed by atoms with van der Waals surface area (Å²) in [7, 11) is 1.63. The highest BCUT2D eigenvalue weighted by Gasteiger charge is 2.08. The summed E-state index contributed by atoms with van der Waals surface area (Å²) in [5.74, 6) is 1.08. The van der Waals surface area contributed by atoms with Crippen LogP contribution in [0, 0.1) is 0 Å². The number of thioether (sulfide) groups is 1. The van der Waals surface area contributed by atoms with Gasteiger partial charge in [-0.05, 0) is 29.1 Å². The van der Waals surface area contributed by atoms with E-state index in [9.17, 15) is 4.79 Å². The molecule has 0 aliphatic carbocycles. The molecule has 5 nitrogen and oxygen atoms in total. The second-order valence-electron chi connectivity index (χ2n) is 4.74. The molecule has 0 atom stereocenters. The van der Waals surface area contributed by atoms with Crippen molar-refractivity contribution < 1.29 is 9.53 Å². The van der Waals surface area contributed by atoms with Crippen molar-refractivity contribution in [1.29, 1.82) is 0 Å². The van der Waals surface area contributed by atoms with Gasteiger partial charge in [-0.1, -0.05) is 23.9 Å². The molecular weight excluding hydrogens is 330 g/mol. The van der Waals surface area contributed by atoms with Crippen LogP contribution in [-0.2, 0) is 11.3 Å². The van der Waals surface area contributed by atoms with E-state index in [-0.39, 0.29) is 5.91 Å². The first-order valence-corrected chi connectivity index (χ1v) is 8.83. The van der Waals surface area contributed by atoms with E-state index < -0.39 is 0 Å². The number of rotatable bonds is 6. The molecule has 2 heterocycles. The number of thiophene rings is 1. The number of benzene rings is 1. The number of hydrogen-bond acceptors (Lipinski definition) is 6. The first kappa shape index (κ1) is 15.8. The maximum absolute atomic E-state index is 12.0. The van der Waals surface area contributed by atoms with Gasteiger partial charge in [0.05, 0.1) is 12.9 Å². The molecule has 0 saturated carbocycles. The Morgan fingerprint density at radius 2 is 2.26 bits per heavy atom. The van der Waals surface area contributed by atoms with E-state index in [1.54, 1.807) is 18.4 Å². The van der Waals surface area contributed by atoms with Gasteiger partial charge in [0.25, 0.3) is 0 Å². The highest BCUT2D eigenvalue weighted by atomic mass is 32.2. The number of hydrogen-bond donors (Lipinski definition) is 1. The smallest absolute Gasteiger partial charge is 0.230 e. The molecule has 0 radical (unpaired) electrons. The molecule has 0 unspecified atom stereocenters.